The lowest BCUT2D eigenvalue weighted by molar-refractivity contribution is 0.407. The van der Waals surface area contributed by atoms with E-state index in [1.807, 2.05) is 19.1 Å². The maximum Gasteiger partial charge on any atom is 0.123 e. The van der Waals surface area contributed by atoms with Crippen LogP contribution in [0.3, 0.4) is 0 Å². The summed E-state index contributed by atoms with van der Waals surface area (Å²) in [4.78, 5) is 0. The molecule has 0 bridgehead atoms. The summed E-state index contributed by atoms with van der Waals surface area (Å²) in [5.74, 6) is 0.633. The van der Waals surface area contributed by atoms with Crippen molar-refractivity contribution in [1.82, 2.24) is 0 Å². The van der Waals surface area contributed by atoms with E-state index in [1.165, 1.54) is 0 Å². The van der Waals surface area contributed by atoms with E-state index in [-0.39, 0.29) is 22.8 Å². The highest BCUT2D eigenvalue weighted by Gasteiger charge is 2.25. The van der Waals surface area contributed by atoms with Gasteiger partial charge in [-0.25, -0.2) is 0 Å². The Morgan fingerprint density at radius 1 is 1.06 bits per heavy atom. The van der Waals surface area contributed by atoms with Crippen LogP contribution >= 0.6 is 0 Å². The zero-order chi connectivity index (χ0) is 13.9. The number of hydrogen-bond acceptors (Lipinski definition) is 2. The molecule has 0 aliphatic carbocycles. The quantitative estimate of drug-likeness (QED) is 0.796. The third-order valence-corrected chi connectivity index (χ3v) is 4.50. The Morgan fingerprint density at radius 2 is 1.50 bits per heavy atom. The average molecular weight is 250 g/mol. The van der Waals surface area contributed by atoms with Gasteiger partial charge in [-0.15, -0.1) is 0 Å². The molecule has 0 unspecified atom stereocenters. The zero-order valence-corrected chi connectivity index (χ0v) is 12.2. The van der Waals surface area contributed by atoms with Gasteiger partial charge in [0.15, 0.2) is 0 Å². The molecule has 1 atom stereocenters. The molecule has 0 fully saturated rings. The molecule has 102 valence electrons. The van der Waals surface area contributed by atoms with Crippen LogP contribution in [0.4, 0.5) is 0 Å². The van der Waals surface area contributed by atoms with Crippen molar-refractivity contribution in [3.63, 3.8) is 0 Å². The molecule has 0 radical (unpaired) electrons. The summed E-state index contributed by atoms with van der Waals surface area (Å²) in [5, 5.41) is 20.3. The first-order valence-electron chi connectivity index (χ1n) is 6.95. The minimum Gasteiger partial charge on any atom is -0.508 e. The minimum atomic E-state index is 0.0168. The Hall–Kier alpha value is -1.18. The molecular weight excluding hydrogens is 224 g/mol. The van der Waals surface area contributed by atoms with E-state index < -0.39 is 0 Å². The van der Waals surface area contributed by atoms with Gasteiger partial charge in [0, 0.05) is 5.56 Å². The topological polar surface area (TPSA) is 40.5 Å². The van der Waals surface area contributed by atoms with Gasteiger partial charge in [0.1, 0.15) is 11.5 Å². The fraction of sp³-hybridized carbons (Fsp3) is 0.625. The SMILES string of the molecule is CC[C@@H](C)c1c(O)cc(C(C)(CC)CC)cc1O. The van der Waals surface area contributed by atoms with Crippen LogP contribution in [0.25, 0.3) is 0 Å². The monoisotopic (exact) mass is 250 g/mol. The Balaban J connectivity index is 3.30. The molecule has 0 aliphatic heterocycles. The second kappa shape index (κ2) is 5.64. The molecule has 0 saturated carbocycles. The highest BCUT2D eigenvalue weighted by molar-refractivity contribution is 5.50. The van der Waals surface area contributed by atoms with Crippen molar-refractivity contribution in [2.45, 2.75) is 65.2 Å². The highest BCUT2D eigenvalue weighted by Crippen LogP contribution is 2.41. The number of hydrogen-bond donors (Lipinski definition) is 2. The maximum atomic E-state index is 10.2. The Kier molecular flexibility index (Phi) is 4.66. The van der Waals surface area contributed by atoms with E-state index in [0.717, 1.165) is 24.8 Å². The van der Waals surface area contributed by atoms with Gasteiger partial charge in [-0.1, -0.05) is 34.6 Å². The number of benzene rings is 1. The van der Waals surface area contributed by atoms with Crippen LogP contribution in [0.5, 0.6) is 11.5 Å². The number of phenols is 2. The molecule has 2 heteroatoms. The van der Waals surface area contributed by atoms with Crippen molar-refractivity contribution < 1.29 is 10.2 Å². The van der Waals surface area contributed by atoms with Gasteiger partial charge in [0.05, 0.1) is 0 Å². The van der Waals surface area contributed by atoms with Gasteiger partial charge in [-0.2, -0.15) is 0 Å². The Labute approximate surface area is 111 Å². The zero-order valence-electron chi connectivity index (χ0n) is 12.2. The molecule has 18 heavy (non-hydrogen) atoms. The van der Waals surface area contributed by atoms with Crippen molar-refractivity contribution in [1.29, 1.82) is 0 Å². The molecule has 0 heterocycles. The van der Waals surface area contributed by atoms with Crippen LogP contribution in [0.15, 0.2) is 12.1 Å². The van der Waals surface area contributed by atoms with Crippen molar-refractivity contribution in [2.24, 2.45) is 0 Å². The number of aromatic hydroxyl groups is 2. The fourth-order valence-corrected chi connectivity index (χ4v) is 2.34. The standard InChI is InChI=1S/C16H26O2/c1-6-11(4)15-13(17)9-12(10-14(15)18)16(5,7-2)8-3/h9-11,17-18H,6-8H2,1-5H3/t11-/m1/s1. The number of phenolic OH excluding ortho intramolecular Hbond substituents is 2. The first kappa shape index (κ1) is 14.9. The summed E-state index contributed by atoms with van der Waals surface area (Å²) >= 11 is 0. The third-order valence-electron chi connectivity index (χ3n) is 4.50. The van der Waals surface area contributed by atoms with Crippen LogP contribution in [-0.2, 0) is 5.41 Å². The predicted molar refractivity (Wildman–Crippen MR) is 76.4 cm³/mol. The molecule has 1 aromatic rings. The molecule has 1 rings (SSSR count). The van der Waals surface area contributed by atoms with E-state index in [1.54, 1.807) is 0 Å². The second-order valence-electron chi connectivity index (χ2n) is 5.51. The van der Waals surface area contributed by atoms with Gasteiger partial charge >= 0.3 is 0 Å². The van der Waals surface area contributed by atoms with Crippen molar-refractivity contribution in [3.8, 4) is 11.5 Å². The van der Waals surface area contributed by atoms with Gasteiger partial charge < -0.3 is 10.2 Å². The summed E-state index contributed by atoms with van der Waals surface area (Å²) in [7, 11) is 0. The van der Waals surface area contributed by atoms with E-state index in [2.05, 4.69) is 27.7 Å². The van der Waals surface area contributed by atoms with Crippen LogP contribution in [0.1, 0.15) is 70.9 Å². The normalized spacial score (nSPS) is 13.6. The van der Waals surface area contributed by atoms with Crippen LogP contribution < -0.4 is 0 Å². The first-order valence-corrected chi connectivity index (χ1v) is 6.95. The summed E-state index contributed by atoms with van der Waals surface area (Å²) in [6.45, 7) is 10.5. The second-order valence-corrected chi connectivity index (χ2v) is 5.51. The van der Waals surface area contributed by atoms with Crippen molar-refractivity contribution in [2.75, 3.05) is 0 Å². The first-order chi connectivity index (χ1) is 8.39. The molecule has 0 aliphatic rings. The maximum absolute atomic E-state index is 10.2. The molecular formula is C16H26O2. The average Bonchev–Trinajstić information content (AvgIpc) is 2.36. The van der Waals surface area contributed by atoms with E-state index >= 15 is 0 Å². The lowest BCUT2D eigenvalue weighted by Gasteiger charge is -2.28. The molecule has 2 nitrogen and oxygen atoms in total. The minimum absolute atomic E-state index is 0.0168. The van der Waals surface area contributed by atoms with Gasteiger partial charge in [-0.3, -0.25) is 0 Å². The lowest BCUT2D eigenvalue weighted by atomic mass is 9.77. The predicted octanol–water partition coefficient (Wildman–Crippen LogP) is 4.69. The largest absolute Gasteiger partial charge is 0.508 e. The van der Waals surface area contributed by atoms with Crippen LogP contribution in [-0.4, -0.2) is 10.2 Å². The number of rotatable bonds is 5. The molecule has 2 N–H and O–H groups in total. The summed E-state index contributed by atoms with van der Waals surface area (Å²) < 4.78 is 0. The van der Waals surface area contributed by atoms with Gasteiger partial charge in [-0.05, 0) is 48.3 Å². The smallest absolute Gasteiger partial charge is 0.123 e. The van der Waals surface area contributed by atoms with Crippen LogP contribution in [0.2, 0.25) is 0 Å². The Morgan fingerprint density at radius 3 is 1.83 bits per heavy atom. The van der Waals surface area contributed by atoms with E-state index in [0.29, 0.717) is 5.56 Å². The summed E-state index contributed by atoms with van der Waals surface area (Å²) in [6.07, 6.45) is 2.88. The van der Waals surface area contributed by atoms with Gasteiger partial charge in [0.25, 0.3) is 0 Å². The lowest BCUT2D eigenvalue weighted by Crippen LogP contribution is -2.19. The Bertz CT molecular complexity index is 383. The van der Waals surface area contributed by atoms with Crippen LogP contribution in [0, 0.1) is 0 Å². The summed E-state index contributed by atoms with van der Waals surface area (Å²) in [5.41, 5.74) is 1.72. The molecule has 0 saturated heterocycles. The molecule has 0 aromatic heterocycles. The molecule has 1 aromatic carbocycles. The molecule has 0 amide bonds. The van der Waals surface area contributed by atoms with Crippen molar-refractivity contribution >= 4 is 0 Å². The fourth-order valence-electron chi connectivity index (χ4n) is 2.34. The summed E-state index contributed by atoms with van der Waals surface area (Å²) in [6, 6.07) is 3.66. The van der Waals surface area contributed by atoms with Crippen molar-refractivity contribution in [3.05, 3.63) is 23.3 Å². The van der Waals surface area contributed by atoms with E-state index in [9.17, 15) is 10.2 Å². The van der Waals surface area contributed by atoms with E-state index in [4.69, 9.17) is 0 Å². The third kappa shape index (κ3) is 2.63. The van der Waals surface area contributed by atoms with Gasteiger partial charge in [0.2, 0.25) is 0 Å². The molecule has 0 spiro atoms. The highest BCUT2D eigenvalue weighted by atomic mass is 16.3.